The quantitative estimate of drug-likeness (QED) is 0.430. The van der Waals surface area contributed by atoms with Crippen LogP contribution >= 0.6 is 11.6 Å². The molecule has 188 valence electrons. The Balaban J connectivity index is 1.33. The van der Waals surface area contributed by atoms with Gasteiger partial charge >= 0.3 is 12.1 Å². The number of hydrogen-bond donors (Lipinski definition) is 1. The van der Waals surface area contributed by atoms with E-state index in [1.165, 1.54) is 12.1 Å². The molecular weight excluding hydrogens is 493 g/mol. The first-order valence-electron chi connectivity index (χ1n) is 11.6. The Morgan fingerprint density at radius 2 is 1.71 bits per heavy atom. The lowest BCUT2D eigenvalue weighted by Crippen LogP contribution is -2.46. The Bertz CT molecular complexity index is 1150. The molecule has 1 saturated carbocycles. The summed E-state index contributed by atoms with van der Waals surface area (Å²) in [7, 11) is 0. The topological polar surface area (TPSA) is 49.8 Å². The monoisotopic (exact) mass is 515 g/mol. The van der Waals surface area contributed by atoms with Gasteiger partial charge in [0.1, 0.15) is 11.9 Å². The highest BCUT2D eigenvalue weighted by molar-refractivity contribution is 6.31. The predicted molar refractivity (Wildman–Crippen MR) is 118 cm³/mol. The first kappa shape index (κ1) is 24.3. The zero-order chi connectivity index (χ0) is 25.1. The van der Waals surface area contributed by atoms with Gasteiger partial charge in [0.25, 0.3) is 0 Å². The van der Waals surface area contributed by atoms with Gasteiger partial charge in [0.2, 0.25) is 0 Å². The van der Waals surface area contributed by atoms with Crippen molar-refractivity contribution in [1.82, 2.24) is 4.90 Å². The third-order valence-electron chi connectivity index (χ3n) is 7.29. The number of halogens is 6. The highest BCUT2D eigenvalue weighted by Crippen LogP contribution is 2.45. The van der Waals surface area contributed by atoms with Gasteiger partial charge in [-0.15, -0.1) is 0 Å². The first-order chi connectivity index (χ1) is 16.5. The number of ether oxygens (including phenoxy) is 1. The molecule has 2 bridgehead atoms. The Kier molecular flexibility index (Phi) is 6.20. The molecule has 3 fully saturated rings. The minimum atomic E-state index is -4.68. The van der Waals surface area contributed by atoms with Crippen LogP contribution in [0.15, 0.2) is 24.3 Å². The Labute approximate surface area is 203 Å². The van der Waals surface area contributed by atoms with Gasteiger partial charge in [0.15, 0.2) is 11.6 Å². The van der Waals surface area contributed by atoms with Crippen molar-refractivity contribution in [3.05, 3.63) is 63.2 Å². The van der Waals surface area contributed by atoms with E-state index in [1.807, 2.05) is 0 Å². The fourth-order valence-corrected chi connectivity index (χ4v) is 5.69. The second-order valence-corrected chi connectivity index (χ2v) is 10.1. The van der Waals surface area contributed by atoms with Crippen molar-refractivity contribution < 1.29 is 36.6 Å². The molecule has 2 unspecified atom stereocenters. The second-order valence-electron chi connectivity index (χ2n) is 9.65. The SMILES string of the molecule is O=C(O)c1cc(C2CC2)c(CN2C3CC[C@@H]2CC(Oc2cc(C(F)(F)F)cc(Cl)c2F)C3)cc1F. The summed E-state index contributed by atoms with van der Waals surface area (Å²) in [4.78, 5) is 13.6. The highest BCUT2D eigenvalue weighted by Gasteiger charge is 2.43. The van der Waals surface area contributed by atoms with Crippen molar-refractivity contribution in [2.24, 2.45) is 0 Å². The van der Waals surface area contributed by atoms with Gasteiger partial charge in [-0.1, -0.05) is 11.6 Å². The molecule has 2 aromatic carbocycles. The molecule has 1 aliphatic carbocycles. The van der Waals surface area contributed by atoms with E-state index in [4.69, 9.17) is 16.3 Å². The third-order valence-corrected chi connectivity index (χ3v) is 7.56. The molecule has 35 heavy (non-hydrogen) atoms. The van der Waals surface area contributed by atoms with Crippen LogP contribution in [-0.4, -0.2) is 34.2 Å². The molecule has 2 aliphatic heterocycles. The fraction of sp³-hybridized carbons (Fsp3) is 0.480. The zero-order valence-corrected chi connectivity index (χ0v) is 19.3. The van der Waals surface area contributed by atoms with E-state index < -0.39 is 46.2 Å². The Morgan fingerprint density at radius 3 is 2.29 bits per heavy atom. The summed E-state index contributed by atoms with van der Waals surface area (Å²) in [6, 6.07) is 4.03. The van der Waals surface area contributed by atoms with E-state index in [-0.39, 0.29) is 23.6 Å². The summed E-state index contributed by atoms with van der Waals surface area (Å²) in [6.45, 7) is 0.453. The molecule has 0 amide bonds. The van der Waals surface area contributed by atoms with Crippen LogP contribution in [0.1, 0.15) is 71.5 Å². The van der Waals surface area contributed by atoms with Crippen molar-refractivity contribution in [2.45, 2.75) is 75.4 Å². The summed E-state index contributed by atoms with van der Waals surface area (Å²) < 4.78 is 74.0. The molecule has 2 aromatic rings. The number of rotatable bonds is 6. The first-order valence-corrected chi connectivity index (χ1v) is 11.9. The van der Waals surface area contributed by atoms with Crippen molar-refractivity contribution in [3.63, 3.8) is 0 Å². The Hall–Kier alpha value is -2.39. The predicted octanol–water partition coefficient (Wildman–Crippen LogP) is 6.79. The normalized spacial score (nSPS) is 24.6. The summed E-state index contributed by atoms with van der Waals surface area (Å²) in [6.07, 6.45) is -0.641. The number of carboxylic acid groups (broad SMARTS) is 1. The minimum absolute atomic E-state index is 0.0392. The van der Waals surface area contributed by atoms with Crippen LogP contribution in [0.4, 0.5) is 22.0 Å². The van der Waals surface area contributed by atoms with E-state index in [1.54, 1.807) is 0 Å². The van der Waals surface area contributed by atoms with Crippen LogP contribution in [0.3, 0.4) is 0 Å². The number of aromatic carboxylic acids is 1. The number of carboxylic acids is 1. The number of benzene rings is 2. The van der Waals surface area contributed by atoms with Gasteiger partial charge in [-0.2, -0.15) is 13.2 Å². The number of fused-ring (bicyclic) bond motifs is 2. The van der Waals surface area contributed by atoms with Crippen molar-refractivity contribution in [2.75, 3.05) is 0 Å². The molecular formula is C25H23ClF5NO3. The van der Waals surface area contributed by atoms with Gasteiger partial charge in [-0.05, 0) is 79.8 Å². The highest BCUT2D eigenvalue weighted by atomic mass is 35.5. The van der Waals surface area contributed by atoms with Crippen molar-refractivity contribution >= 4 is 17.6 Å². The average molecular weight is 516 g/mol. The lowest BCUT2D eigenvalue weighted by Gasteiger charge is -2.39. The van der Waals surface area contributed by atoms with E-state index >= 15 is 0 Å². The van der Waals surface area contributed by atoms with Gasteiger partial charge < -0.3 is 9.84 Å². The largest absolute Gasteiger partial charge is 0.487 e. The number of piperidine rings is 1. The molecule has 0 radical (unpaired) electrons. The molecule has 2 saturated heterocycles. The van der Waals surface area contributed by atoms with Crippen LogP contribution in [0.5, 0.6) is 5.75 Å². The van der Waals surface area contributed by atoms with E-state index in [9.17, 15) is 31.9 Å². The Morgan fingerprint density at radius 1 is 1.06 bits per heavy atom. The molecule has 4 nitrogen and oxygen atoms in total. The number of carbonyl (C=O) groups is 1. The standard InChI is InChI=1S/C25H23ClF5NO3/c26-20-6-14(25(29,30)31)7-22(23(20)28)35-17-8-15-3-4-16(9-17)32(15)11-13-5-21(27)19(24(33)34)10-18(13)12-1-2-12/h5-7,10,12,15-17H,1-4,8-9,11H2,(H,33,34)/t15-,16?,17?/m1/s1. The fourth-order valence-electron chi connectivity index (χ4n) is 5.47. The van der Waals surface area contributed by atoms with E-state index in [0.29, 0.717) is 31.5 Å². The summed E-state index contributed by atoms with van der Waals surface area (Å²) in [5.41, 5.74) is 0.232. The lowest BCUT2D eigenvalue weighted by molar-refractivity contribution is -0.137. The summed E-state index contributed by atoms with van der Waals surface area (Å²) in [5, 5.41) is 8.64. The maximum Gasteiger partial charge on any atom is 0.416 e. The summed E-state index contributed by atoms with van der Waals surface area (Å²) >= 11 is 5.68. The van der Waals surface area contributed by atoms with Crippen LogP contribution in [0.2, 0.25) is 5.02 Å². The lowest BCUT2D eigenvalue weighted by atomic mass is 9.95. The molecule has 0 aromatic heterocycles. The molecule has 10 heteroatoms. The smallest absolute Gasteiger partial charge is 0.416 e. The van der Waals surface area contributed by atoms with Crippen LogP contribution in [0, 0.1) is 11.6 Å². The molecule has 2 heterocycles. The van der Waals surface area contributed by atoms with Gasteiger partial charge in [-0.25, -0.2) is 13.6 Å². The molecule has 0 spiro atoms. The van der Waals surface area contributed by atoms with Gasteiger partial charge in [-0.3, -0.25) is 4.90 Å². The van der Waals surface area contributed by atoms with Crippen molar-refractivity contribution in [1.29, 1.82) is 0 Å². The minimum Gasteiger partial charge on any atom is -0.487 e. The van der Waals surface area contributed by atoms with Gasteiger partial charge in [0.05, 0.1) is 16.1 Å². The maximum atomic E-state index is 14.5. The van der Waals surface area contributed by atoms with Gasteiger partial charge in [0, 0.05) is 18.6 Å². The molecule has 3 aliphatic rings. The molecule has 3 atom stereocenters. The van der Waals surface area contributed by atoms with Crippen molar-refractivity contribution in [3.8, 4) is 5.75 Å². The zero-order valence-electron chi connectivity index (χ0n) is 18.5. The second kappa shape index (κ2) is 8.92. The van der Waals surface area contributed by atoms with E-state index in [2.05, 4.69) is 4.90 Å². The van der Waals surface area contributed by atoms with Crippen LogP contribution < -0.4 is 4.74 Å². The van der Waals surface area contributed by atoms with E-state index in [0.717, 1.165) is 36.8 Å². The number of alkyl halides is 3. The number of nitrogens with zero attached hydrogens (tertiary/aromatic N) is 1. The summed E-state index contributed by atoms with van der Waals surface area (Å²) in [5.74, 6) is -3.35. The maximum absolute atomic E-state index is 14.5. The average Bonchev–Trinajstić information content (AvgIpc) is 3.57. The number of hydrogen-bond acceptors (Lipinski definition) is 3. The third kappa shape index (κ3) is 4.85. The van der Waals surface area contributed by atoms with Crippen LogP contribution in [-0.2, 0) is 12.7 Å². The molecule has 1 N–H and O–H groups in total. The molecule has 5 rings (SSSR count). The van der Waals surface area contributed by atoms with Crippen LogP contribution in [0.25, 0.3) is 0 Å².